The molecular formula is C13H17NO3. The second-order valence-electron chi connectivity index (χ2n) is 4.37. The highest BCUT2D eigenvalue weighted by molar-refractivity contribution is 6.00. The van der Waals surface area contributed by atoms with E-state index in [9.17, 15) is 9.59 Å². The number of ketones is 1. The summed E-state index contributed by atoms with van der Waals surface area (Å²) in [7, 11) is 0. The van der Waals surface area contributed by atoms with E-state index in [1.165, 1.54) is 0 Å². The molecule has 1 N–H and O–H groups in total. The van der Waals surface area contributed by atoms with Gasteiger partial charge >= 0.3 is 5.97 Å². The van der Waals surface area contributed by atoms with Gasteiger partial charge in [0.1, 0.15) is 5.69 Å². The fourth-order valence-electron chi connectivity index (χ4n) is 2.29. The highest BCUT2D eigenvalue weighted by Crippen LogP contribution is 2.28. The van der Waals surface area contributed by atoms with Gasteiger partial charge in [-0.1, -0.05) is 12.8 Å². The zero-order valence-electron chi connectivity index (χ0n) is 9.99. The summed E-state index contributed by atoms with van der Waals surface area (Å²) in [6.45, 7) is 2.09. The molecule has 1 aromatic heterocycles. The number of hydrogen-bond acceptors (Lipinski definition) is 3. The SMILES string of the molecule is CCOC(=O)c1cc(C(=O)C2CCCC2)c[nH]1. The second-order valence-corrected chi connectivity index (χ2v) is 4.37. The first kappa shape index (κ1) is 11.9. The molecule has 4 nitrogen and oxygen atoms in total. The number of aromatic amines is 1. The molecule has 0 atom stereocenters. The van der Waals surface area contributed by atoms with Crippen LogP contribution in [0.3, 0.4) is 0 Å². The number of carbonyl (C=O) groups is 2. The van der Waals surface area contributed by atoms with E-state index in [4.69, 9.17) is 4.74 Å². The molecule has 17 heavy (non-hydrogen) atoms. The summed E-state index contributed by atoms with van der Waals surface area (Å²) in [6, 6.07) is 1.60. The summed E-state index contributed by atoms with van der Waals surface area (Å²) in [4.78, 5) is 26.3. The molecule has 0 amide bonds. The molecule has 1 aliphatic carbocycles. The van der Waals surface area contributed by atoms with Crippen molar-refractivity contribution in [1.29, 1.82) is 0 Å². The molecule has 1 saturated carbocycles. The molecule has 1 heterocycles. The summed E-state index contributed by atoms with van der Waals surface area (Å²) in [5.41, 5.74) is 0.952. The van der Waals surface area contributed by atoms with E-state index in [0.717, 1.165) is 25.7 Å². The topological polar surface area (TPSA) is 59.2 Å². The van der Waals surface area contributed by atoms with Crippen molar-refractivity contribution in [2.45, 2.75) is 32.6 Å². The number of rotatable bonds is 4. The fraction of sp³-hybridized carbons (Fsp3) is 0.538. The average molecular weight is 235 g/mol. The zero-order valence-corrected chi connectivity index (χ0v) is 9.99. The number of carbonyl (C=O) groups excluding carboxylic acids is 2. The van der Waals surface area contributed by atoms with Crippen molar-refractivity contribution in [2.75, 3.05) is 6.61 Å². The number of hydrogen-bond donors (Lipinski definition) is 1. The number of esters is 1. The Morgan fingerprint density at radius 1 is 1.41 bits per heavy atom. The van der Waals surface area contributed by atoms with Crippen LogP contribution in [0.4, 0.5) is 0 Å². The van der Waals surface area contributed by atoms with Crippen molar-refractivity contribution < 1.29 is 14.3 Å². The van der Waals surface area contributed by atoms with Crippen LogP contribution in [0.25, 0.3) is 0 Å². The summed E-state index contributed by atoms with van der Waals surface area (Å²) in [6.07, 6.45) is 5.81. The highest BCUT2D eigenvalue weighted by Gasteiger charge is 2.25. The number of H-pyrrole nitrogens is 1. The van der Waals surface area contributed by atoms with Gasteiger partial charge in [0, 0.05) is 17.7 Å². The molecule has 0 bridgehead atoms. The minimum absolute atomic E-state index is 0.140. The van der Waals surface area contributed by atoms with Gasteiger partial charge in [0.15, 0.2) is 5.78 Å². The van der Waals surface area contributed by atoms with Crippen LogP contribution in [-0.4, -0.2) is 23.3 Å². The Bertz CT molecular complexity index is 416. The highest BCUT2D eigenvalue weighted by atomic mass is 16.5. The molecule has 0 unspecified atom stereocenters. The minimum atomic E-state index is -0.405. The maximum absolute atomic E-state index is 12.1. The molecule has 2 rings (SSSR count). The third-order valence-corrected chi connectivity index (χ3v) is 3.19. The third kappa shape index (κ3) is 2.57. The maximum Gasteiger partial charge on any atom is 0.354 e. The Hall–Kier alpha value is -1.58. The lowest BCUT2D eigenvalue weighted by molar-refractivity contribution is 0.0520. The Balaban J connectivity index is 2.07. The molecule has 0 saturated heterocycles. The minimum Gasteiger partial charge on any atom is -0.461 e. The lowest BCUT2D eigenvalue weighted by Gasteiger charge is -2.04. The van der Waals surface area contributed by atoms with E-state index in [2.05, 4.69) is 4.98 Å². The molecule has 0 radical (unpaired) electrons. The van der Waals surface area contributed by atoms with Crippen molar-refractivity contribution in [3.05, 3.63) is 23.5 Å². The van der Waals surface area contributed by atoms with Gasteiger partial charge in [-0.25, -0.2) is 4.79 Å². The molecule has 92 valence electrons. The Kier molecular flexibility index (Phi) is 3.61. The summed E-state index contributed by atoms with van der Waals surface area (Å²) in [5, 5.41) is 0. The molecule has 0 aromatic carbocycles. The van der Waals surface area contributed by atoms with Crippen molar-refractivity contribution in [3.8, 4) is 0 Å². The smallest absolute Gasteiger partial charge is 0.354 e. The van der Waals surface area contributed by atoms with E-state index in [-0.39, 0.29) is 11.7 Å². The molecule has 1 aromatic rings. The predicted molar refractivity (Wildman–Crippen MR) is 63.0 cm³/mol. The Labute approximate surface area is 100 Å². The van der Waals surface area contributed by atoms with Gasteiger partial charge in [-0.3, -0.25) is 4.79 Å². The van der Waals surface area contributed by atoms with Crippen LogP contribution in [0.2, 0.25) is 0 Å². The summed E-state index contributed by atoms with van der Waals surface area (Å²) < 4.78 is 4.86. The molecule has 4 heteroatoms. The van der Waals surface area contributed by atoms with E-state index < -0.39 is 5.97 Å². The number of aromatic nitrogens is 1. The largest absolute Gasteiger partial charge is 0.461 e. The first-order chi connectivity index (χ1) is 8.22. The summed E-state index contributed by atoms with van der Waals surface area (Å²) >= 11 is 0. The Morgan fingerprint density at radius 3 is 2.76 bits per heavy atom. The molecule has 0 aliphatic heterocycles. The van der Waals surface area contributed by atoms with Crippen LogP contribution in [0, 0.1) is 5.92 Å². The van der Waals surface area contributed by atoms with Crippen LogP contribution < -0.4 is 0 Å². The van der Waals surface area contributed by atoms with Gasteiger partial charge in [-0.2, -0.15) is 0 Å². The molecule has 1 fully saturated rings. The van der Waals surface area contributed by atoms with Crippen molar-refractivity contribution in [2.24, 2.45) is 5.92 Å². The van der Waals surface area contributed by atoms with Crippen LogP contribution in [0.15, 0.2) is 12.3 Å². The summed E-state index contributed by atoms with van der Waals surface area (Å²) in [5.74, 6) is -0.117. The second kappa shape index (κ2) is 5.17. The standard InChI is InChI=1S/C13H17NO3/c1-2-17-13(16)11-7-10(8-14-11)12(15)9-5-3-4-6-9/h7-9,14H,2-6H2,1H3. The molecular weight excluding hydrogens is 218 g/mol. The Morgan fingerprint density at radius 2 is 2.12 bits per heavy atom. The first-order valence-electron chi connectivity index (χ1n) is 6.12. The molecule has 0 spiro atoms. The van der Waals surface area contributed by atoms with E-state index in [1.807, 2.05) is 0 Å². The quantitative estimate of drug-likeness (QED) is 0.644. The molecule has 1 aliphatic rings. The van der Waals surface area contributed by atoms with Gasteiger partial charge in [0.2, 0.25) is 0 Å². The maximum atomic E-state index is 12.1. The van der Waals surface area contributed by atoms with Gasteiger partial charge in [0.25, 0.3) is 0 Å². The van der Waals surface area contributed by atoms with Crippen LogP contribution in [0.5, 0.6) is 0 Å². The predicted octanol–water partition coefficient (Wildman–Crippen LogP) is 2.56. The van der Waals surface area contributed by atoms with Crippen molar-refractivity contribution >= 4 is 11.8 Å². The number of ether oxygens (including phenoxy) is 1. The van der Waals surface area contributed by atoms with Gasteiger partial charge in [0.05, 0.1) is 6.61 Å². The first-order valence-corrected chi connectivity index (χ1v) is 6.12. The zero-order chi connectivity index (χ0) is 12.3. The number of nitrogens with one attached hydrogen (secondary N) is 1. The average Bonchev–Trinajstić information content (AvgIpc) is 3.00. The van der Waals surface area contributed by atoms with E-state index >= 15 is 0 Å². The lowest BCUT2D eigenvalue weighted by Crippen LogP contribution is -2.10. The lowest BCUT2D eigenvalue weighted by atomic mass is 9.98. The monoisotopic (exact) mass is 235 g/mol. The van der Waals surface area contributed by atoms with Crippen molar-refractivity contribution in [3.63, 3.8) is 0 Å². The van der Waals surface area contributed by atoms with E-state index in [1.54, 1.807) is 19.2 Å². The third-order valence-electron chi connectivity index (χ3n) is 3.19. The normalized spacial score (nSPS) is 16.1. The van der Waals surface area contributed by atoms with Crippen LogP contribution in [0.1, 0.15) is 53.5 Å². The number of Topliss-reactive ketones (excluding diaryl/α,β-unsaturated/α-hetero) is 1. The van der Waals surface area contributed by atoms with Crippen LogP contribution >= 0.6 is 0 Å². The van der Waals surface area contributed by atoms with Gasteiger partial charge in [-0.05, 0) is 25.8 Å². The fourth-order valence-corrected chi connectivity index (χ4v) is 2.29. The van der Waals surface area contributed by atoms with Crippen LogP contribution in [-0.2, 0) is 4.74 Å². The van der Waals surface area contributed by atoms with E-state index in [0.29, 0.717) is 17.9 Å². The van der Waals surface area contributed by atoms with Crippen molar-refractivity contribution in [1.82, 2.24) is 4.98 Å². The van der Waals surface area contributed by atoms with Gasteiger partial charge in [-0.15, -0.1) is 0 Å². The van der Waals surface area contributed by atoms with Gasteiger partial charge < -0.3 is 9.72 Å².